The van der Waals surface area contributed by atoms with Gasteiger partial charge in [-0.25, -0.2) is 0 Å². The molecular weight excluding hydrogens is 342 g/mol. The first kappa shape index (κ1) is 19.6. The Morgan fingerprint density at radius 2 is 1.73 bits per heavy atom. The quantitative estimate of drug-likeness (QED) is 0.357. The Morgan fingerprint density at radius 3 is 2.38 bits per heavy atom. The Morgan fingerprint density at radius 1 is 1.08 bits per heavy atom. The number of carbonyl (C=O) groups is 1. The van der Waals surface area contributed by atoms with E-state index in [4.69, 9.17) is 9.47 Å². The van der Waals surface area contributed by atoms with Crippen LogP contribution in [0, 0.1) is 11.5 Å². The van der Waals surface area contributed by atoms with Crippen molar-refractivity contribution in [1.82, 2.24) is 0 Å². The SMILES string of the molecule is COc1ccccc1N[C@@H](C#C[Si](C)(C)C)CC(=O)Oc1ccccc1. The van der Waals surface area contributed by atoms with E-state index in [1.807, 2.05) is 42.5 Å². The highest BCUT2D eigenvalue weighted by atomic mass is 28.3. The molecule has 0 unspecified atom stereocenters. The Balaban J connectivity index is 2.15. The second kappa shape index (κ2) is 9.11. The largest absolute Gasteiger partial charge is 0.495 e. The van der Waals surface area contributed by atoms with E-state index in [-0.39, 0.29) is 18.4 Å². The van der Waals surface area contributed by atoms with Gasteiger partial charge in [-0.2, -0.15) is 0 Å². The summed E-state index contributed by atoms with van der Waals surface area (Å²) < 4.78 is 10.8. The minimum Gasteiger partial charge on any atom is -0.495 e. The summed E-state index contributed by atoms with van der Waals surface area (Å²) in [5, 5.41) is 3.31. The number of carbonyl (C=O) groups excluding carboxylic acids is 1. The van der Waals surface area contributed by atoms with E-state index in [9.17, 15) is 4.79 Å². The average molecular weight is 368 g/mol. The van der Waals surface area contributed by atoms with Gasteiger partial charge < -0.3 is 14.8 Å². The lowest BCUT2D eigenvalue weighted by Crippen LogP contribution is -2.26. The van der Waals surface area contributed by atoms with Crippen molar-refractivity contribution >= 4 is 19.7 Å². The van der Waals surface area contributed by atoms with Crippen LogP contribution in [0.3, 0.4) is 0 Å². The molecule has 1 atom stereocenters. The molecule has 0 heterocycles. The molecule has 2 aromatic rings. The van der Waals surface area contributed by atoms with Crippen LogP contribution in [0.2, 0.25) is 19.6 Å². The molecule has 0 aliphatic rings. The summed E-state index contributed by atoms with van der Waals surface area (Å²) in [6, 6.07) is 16.3. The Bertz CT molecular complexity index is 788. The normalized spacial score (nSPS) is 11.7. The van der Waals surface area contributed by atoms with Crippen molar-refractivity contribution in [3.8, 4) is 23.0 Å². The van der Waals surface area contributed by atoms with Gasteiger partial charge in [0, 0.05) is 0 Å². The van der Waals surface area contributed by atoms with E-state index in [1.165, 1.54) is 0 Å². The predicted molar refractivity (Wildman–Crippen MR) is 108 cm³/mol. The zero-order valence-electron chi connectivity index (χ0n) is 15.7. The van der Waals surface area contributed by atoms with E-state index in [2.05, 4.69) is 36.4 Å². The lowest BCUT2D eigenvalue weighted by molar-refractivity contribution is -0.134. The van der Waals surface area contributed by atoms with Gasteiger partial charge in [0.25, 0.3) is 0 Å². The third kappa shape index (κ3) is 6.65. The van der Waals surface area contributed by atoms with Crippen molar-refractivity contribution < 1.29 is 14.3 Å². The molecule has 0 saturated heterocycles. The fourth-order valence-corrected chi connectivity index (χ4v) is 2.83. The molecule has 0 bridgehead atoms. The molecule has 0 aliphatic heterocycles. The molecule has 0 aromatic heterocycles. The van der Waals surface area contributed by atoms with Crippen molar-refractivity contribution in [2.24, 2.45) is 0 Å². The van der Waals surface area contributed by atoms with Gasteiger partial charge in [-0.15, -0.1) is 5.54 Å². The number of hydrogen-bond acceptors (Lipinski definition) is 4. The Hall–Kier alpha value is -2.71. The minimum atomic E-state index is -1.57. The second-order valence-corrected chi connectivity index (χ2v) is 11.7. The number of benzene rings is 2. The smallest absolute Gasteiger partial charge is 0.314 e. The van der Waals surface area contributed by atoms with Crippen molar-refractivity contribution in [1.29, 1.82) is 0 Å². The molecule has 0 spiro atoms. The summed E-state index contributed by atoms with van der Waals surface area (Å²) in [5.41, 5.74) is 4.13. The van der Waals surface area contributed by atoms with Gasteiger partial charge in [-0.3, -0.25) is 4.79 Å². The highest BCUT2D eigenvalue weighted by molar-refractivity contribution is 6.83. The third-order valence-corrected chi connectivity index (χ3v) is 4.30. The van der Waals surface area contributed by atoms with Crippen molar-refractivity contribution in [3.05, 3.63) is 54.6 Å². The zero-order valence-corrected chi connectivity index (χ0v) is 16.7. The molecule has 2 rings (SSSR count). The molecule has 0 saturated carbocycles. The van der Waals surface area contributed by atoms with E-state index in [1.54, 1.807) is 19.2 Å². The lowest BCUT2D eigenvalue weighted by Gasteiger charge is -2.17. The second-order valence-electron chi connectivity index (χ2n) is 6.91. The fraction of sp³-hybridized carbons (Fsp3) is 0.286. The van der Waals surface area contributed by atoms with Gasteiger partial charge >= 0.3 is 5.97 Å². The first-order valence-corrected chi connectivity index (χ1v) is 12.1. The lowest BCUT2D eigenvalue weighted by atomic mass is 10.2. The van der Waals surface area contributed by atoms with E-state index >= 15 is 0 Å². The molecule has 0 radical (unpaired) electrons. The van der Waals surface area contributed by atoms with E-state index in [0.717, 1.165) is 5.69 Å². The summed E-state index contributed by atoms with van der Waals surface area (Å²) in [6.07, 6.45) is 0.143. The summed E-state index contributed by atoms with van der Waals surface area (Å²) in [5.74, 6) is 4.14. The molecule has 26 heavy (non-hydrogen) atoms. The van der Waals surface area contributed by atoms with Crippen LogP contribution < -0.4 is 14.8 Å². The summed E-state index contributed by atoms with van der Waals surface area (Å²) in [4.78, 5) is 12.3. The molecule has 2 aromatic carbocycles. The van der Waals surface area contributed by atoms with Crippen LogP contribution in [-0.4, -0.2) is 27.2 Å². The van der Waals surface area contributed by atoms with Gasteiger partial charge in [0.05, 0.1) is 25.3 Å². The van der Waals surface area contributed by atoms with Crippen LogP contribution in [0.4, 0.5) is 5.69 Å². The molecule has 5 heteroatoms. The van der Waals surface area contributed by atoms with Crippen molar-refractivity contribution in [3.63, 3.8) is 0 Å². The van der Waals surface area contributed by atoms with Gasteiger partial charge in [0.2, 0.25) is 0 Å². The summed E-state index contributed by atoms with van der Waals surface area (Å²) in [6.45, 7) is 6.51. The average Bonchev–Trinajstić information content (AvgIpc) is 2.60. The van der Waals surface area contributed by atoms with Crippen LogP contribution in [0.25, 0.3) is 0 Å². The molecule has 0 fully saturated rings. The van der Waals surface area contributed by atoms with Crippen LogP contribution in [-0.2, 0) is 4.79 Å². The monoisotopic (exact) mass is 367 g/mol. The summed E-state index contributed by atoms with van der Waals surface area (Å²) in [7, 11) is 0.0492. The molecule has 0 aliphatic carbocycles. The number of hydrogen-bond donors (Lipinski definition) is 1. The first-order valence-electron chi connectivity index (χ1n) is 8.55. The standard InChI is InChI=1S/C21H25NO3Si/c1-24-20-13-9-8-12-19(20)22-17(14-15-26(2,3)4)16-21(23)25-18-10-6-5-7-11-18/h5-13,17,22H,16H2,1-4H3/t17-/m0/s1. The molecule has 1 N–H and O–H groups in total. The van der Waals surface area contributed by atoms with Crippen LogP contribution in [0.1, 0.15) is 6.42 Å². The summed E-state index contributed by atoms with van der Waals surface area (Å²) >= 11 is 0. The Kier molecular flexibility index (Phi) is 6.87. The number of methoxy groups -OCH3 is 1. The number of esters is 1. The number of para-hydroxylation sites is 3. The Labute approximate surface area is 156 Å². The highest BCUT2D eigenvalue weighted by Crippen LogP contribution is 2.24. The maximum Gasteiger partial charge on any atom is 0.314 e. The van der Waals surface area contributed by atoms with Crippen LogP contribution >= 0.6 is 0 Å². The maximum atomic E-state index is 12.3. The minimum absolute atomic E-state index is 0.143. The van der Waals surface area contributed by atoms with Crippen LogP contribution in [0.15, 0.2) is 54.6 Å². The van der Waals surface area contributed by atoms with Gasteiger partial charge in [-0.1, -0.05) is 55.9 Å². The van der Waals surface area contributed by atoms with Gasteiger partial charge in [0.15, 0.2) is 0 Å². The van der Waals surface area contributed by atoms with E-state index < -0.39 is 8.07 Å². The van der Waals surface area contributed by atoms with Gasteiger partial charge in [0.1, 0.15) is 19.6 Å². The first-order chi connectivity index (χ1) is 12.4. The van der Waals surface area contributed by atoms with Crippen molar-refractivity contribution in [2.45, 2.75) is 32.1 Å². The molecule has 136 valence electrons. The number of anilines is 1. The van der Waals surface area contributed by atoms with Crippen LogP contribution in [0.5, 0.6) is 11.5 Å². The van der Waals surface area contributed by atoms with Crippen molar-refractivity contribution in [2.75, 3.05) is 12.4 Å². The maximum absolute atomic E-state index is 12.3. The predicted octanol–water partition coefficient (Wildman–Crippen LogP) is 4.35. The zero-order chi connectivity index (χ0) is 19.0. The number of nitrogens with one attached hydrogen (secondary N) is 1. The number of rotatable bonds is 6. The topological polar surface area (TPSA) is 47.6 Å². The third-order valence-electron chi connectivity index (χ3n) is 3.40. The molecule has 4 nitrogen and oxygen atoms in total. The highest BCUT2D eigenvalue weighted by Gasteiger charge is 2.16. The van der Waals surface area contributed by atoms with E-state index in [0.29, 0.717) is 11.5 Å². The fourth-order valence-electron chi connectivity index (χ4n) is 2.22. The molecular formula is C21H25NO3Si. The number of ether oxygens (including phenoxy) is 2. The molecule has 0 amide bonds. The van der Waals surface area contributed by atoms with Gasteiger partial charge in [-0.05, 0) is 24.3 Å².